The SMILES string of the molecule is CN(C)c1nc(/C=C/C2=NC(CNC3CC3)CC(N3CCCC3)=N2)nc2ccccc12. The molecule has 3 heterocycles. The number of fused-ring (bicyclic) bond motifs is 1. The fourth-order valence-electron chi connectivity index (χ4n) is 4.26. The molecule has 2 aromatic rings. The van der Waals surface area contributed by atoms with Crippen LogP contribution in [0.25, 0.3) is 17.0 Å². The summed E-state index contributed by atoms with van der Waals surface area (Å²) in [6, 6.07) is 9.06. The fraction of sp³-hybridized carbons (Fsp3) is 0.500. The maximum absolute atomic E-state index is 4.93. The van der Waals surface area contributed by atoms with Gasteiger partial charge in [-0.2, -0.15) is 0 Å². The van der Waals surface area contributed by atoms with Gasteiger partial charge in [0, 0.05) is 51.6 Å². The molecule has 1 saturated carbocycles. The smallest absolute Gasteiger partial charge is 0.155 e. The standard InChI is InChI=1S/C24H31N7/c1-30(2)24-19-7-3-4-8-20(19)27-22(29-24)12-11-21-26-18(16-25-17-9-10-17)15-23(28-21)31-13-5-6-14-31/h3-4,7-8,11-12,17-18,25H,5-6,9-10,13-16H2,1-2H3/b12-11+. The molecular weight excluding hydrogens is 386 g/mol. The number of amidine groups is 2. The largest absolute Gasteiger partial charge is 0.362 e. The number of nitrogens with zero attached hydrogens (tertiary/aromatic N) is 6. The first kappa shape index (κ1) is 20.1. The van der Waals surface area contributed by atoms with E-state index in [9.17, 15) is 0 Å². The predicted octanol–water partition coefficient (Wildman–Crippen LogP) is 3.13. The van der Waals surface area contributed by atoms with Gasteiger partial charge in [0.25, 0.3) is 0 Å². The van der Waals surface area contributed by atoms with Gasteiger partial charge in [-0.05, 0) is 50.0 Å². The van der Waals surface area contributed by atoms with Gasteiger partial charge in [-0.15, -0.1) is 0 Å². The van der Waals surface area contributed by atoms with Crippen LogP contribution in [0.1, 0.15) is 37.9 Å². The topological polar surface area (TPSA) is 69.0 Å². The summed E-state index contributed by atoms with van der Waals surface area (Å²) in [5, 5.41) is 4.69. The van der Waals surface area contributed by atoms with Crippen LogP contribution in [0.3, 0.4) is 0 Å². The summed E-state index contributed by atoms with van der Waals surface area (Å²) in [6.07, 6.45) is 9.94. The molecule has 1 N–H and O–H groups in total. The number of hydrogen-bond donors (Lipinski definition) is 1. The molecule has 0 radical (unpaired) electrons. The number of para-hydroxylation sites is 1. The van der Waals surface area contributed by atoms with Crippen LogP contribution in [0.4, 0.5) is 5.82 Å². The molecule has 1 atom stereocenters. The normalized spacial score (nSPS) is 21.6. The molecule has 31 heavy (non-hydrogen) atoms. The lowest BCUT2D eigenvalue weighted by Crippen LogP contribution is -2.38. The van der Waals surface area contributed by atoms with Crippen molar-refractivity contribution in [2.45, 2.75) is 44.2 Å². The summed E-state index contributed by atoms with van der Waals surface area (Å²) in [6.45, 7) is 3.14. The van der Waals surface area contributed by atoms with Crippen molar-refractivity contribution < 1.29 is 0 Å². The molecule has 1 aliphatic carbocycles. The van der Waals surface area contributed by atoms with E-state index in [-0.39, 0.29) is 6.04 Å². The number of hydrogen-bond acceptors (Lipinski definition) is 7. The van der Waals surface area contributed by atoms with Gasteiger partial charge >= 0.3 is 0 Å². The number of nitrogens with one attached hydrogen (secondary N) is 1. The molecule has 1 aromatic carbocycles. The van der Waals surface area contributed by atoms with Crippen molar-refractivity contribution in [2.24, 2.45) is 9.98 Å². The van der Waals surface area contributed by atoms with Crippen LogP contribution in [-0.4, -0.2) is 72.4 Å². The van der Waals surface area contributed by atoms with Gasteiger partial charge in [-0.1, -0.05) is 12.1 Å². The van der Waals surface area contributed by atoms with Crippen LogP contribution in [0, 0.1) is 0 Å². The second kappa shape index (κ2) is 8.75. The number of rotatable bonds is 6. The summed E-state index contributed by atoms with van der Waals surface area (Å²) in [5.74, 6) is 3.56. The van der Waals surface area contributed by atoms with Gasteiger partial charge in [0.2, 0.25) is 0 Å². The average Bonchev–Trinajstić information content (AvgIpc) is 3.45. The first-order chi connectivity index (χ1) is 15.2. The van der Waals surface area contributed by atoms with Crippen molar-refractivity contribution >= 4 is 34.5 Å². The molecule has 1 unspecified atom stereocenters. The molecule has 2 fully saturated rings. The molecule has 162 valence electrons. The molecule has 2 aliphatic heterocycles. The lowest BCUT2D eigenvalue weighted by atomic mass is 10.1. The van der Waals surface area contributed by atoms with Crippen LogP contribution in [0.15, 0.2) is 40.3 Å². The first-order valence-corrected chi connectivity index (χ1v) is 11.4. The Morgan fingerprint density at radius 1 is 1.10 bits per heavy atom. The number of anilines is 1. The minimum absolute atomic E-state index is 0.239. The molecule has 0 bridgehead atoms. The maximum Gasteiger partial charge on any atom is 0.155 e. The van der Waals surface area contributed by atoms with E-state index in [1.165, 1.54) is 31.5 Å². The third kappa shape index (κ3) is 4.77. The number of aromatic nitrogens is 2. The third-order valence-corrected chi connectivity index (χ3v) is 6.07. The van der Waals surface area contributed by atoms with Gasteiger partial charge in [-0.3, -0.25) is 4.99 Å². The number of benzene rings is 1. The second-order valence-corrected chi connectivity index (χ2v) is 8.90. The molecule has 1 aromatic heterocycles. The van der Waals surface area contributed by atoms with Gasteiger partial charge in [0.05, 0.1) is 11.6 Å². The van der Waals surface area contributed by atoms with Crippen LogP contribution in [0.2, 0.25) is 0 Å². The van der Waals surface area contributed by atoms with Gasteiger partial charge in [-0.25, -0.2) is 15.0 Å². The molecule has 0 amide bonds. The Labute approximate surface area is 184 Å². The zero-order chi connectivity index (χ0) is 21.2. The molecule has 3 aliphatic rings. The lowest BCUT2D eigenvalue weighted by molar-refractivity contribution is 0.485. The van der Waals surface area contributed by atoms with Gasteiger partial charge in [0.1, 0.15) is 17.5 Å². The van der Waals surface area contributed by atoms with E-state index in [0.29, 0.717) is 11.9 Å². The quantitative estimate of drug-likeness (QED) is 0.782. The van der Waals surface area contributed by atoms with Crippen LogP contribution in [-0.2, 0) is 0 Å². The highest BCUT2D eigenvalue weighted by atomic mass is 15.2. The van der Waals surface area contributed by atoms with Crippen molar-refractivity contribution in [3.05, 3.63) is 36.2 Å². The van der Waals surface area contributed by atoms with Crippen LogP contribution in [0.5, 0.6) is 0 Å². The highest BCUT2D eigenvalue weighted by Gasteiger charge is 2.26. The Morgan fingerprint density at radius 2 is 1.90 bits per heavy atom. The average molecular weight is 418 g/mol. The van der Waals surface area contributed by atoms with Crippen molar-refractivity contribution in [1.29, 1.82) is 0 Å². The summed E-state index contributed by atoms with van der Waals surface area (Å²) in [5.41, 5.74) is 0.944. The minimum Gasteiger partial charge on any atom is -0.362 e. The van der Waals surface area contributed by atoms with E-state index in [2.05, 4.69) is 16.3 Å². The Balaban J connectivity index is 1.41. The maximum atomic E-state index is 4.93. The Hall–Kier alpha value is -2.80. The summed E-state index contributed by atoms with van der Waals surface area (Å²) >= 11 is 0. The molecule has 7 heteroatoms. The monoisotopic (exact) mass is 417 g/mol. The minimum atomic E-state index is 0.239. The van der Waals surface area contributed by atoms with Crippen molar-refractivity contribution in [3.63, 3.8) is 0 Å². The summed E-state index contributed by atoms with van der Waals surface area (Å²) in [7, 11) is 4.02. The Bertz CT molecular complexity index is 1030. The van der Waals surface area contributed by atoms with E-state index in [1.54, 1.807) is 0 Å². The second-order valence-electron chi connectivity index (χ2n) is 8.90. The highest BCUT2D eigenvalue weighted by Crippen LogP contribution is 2.23. The summed E-state index contributed by atoms with van der Waals surface area (Å²) in [4.78, 5) is 23.8. The van der Waals surface area contributed by atoms with E-state index in [4.69, 9.17) is 20.0 Å². The summed E-state index contributed by atoms with van der Waals surface area (Å²) < 4.78 is 0. The Kier molecular flexibility index (Phi) is 5.68. The lowest BCUT2D eigenvalue weighted by Gasteiger charge is -2.26. The van der Waals surface area contributed by atoms with Crippen molar-refractivity contribution in [1.82, 2.24) is 20.2 Å². The van der Waals surface area contributed by atoms with Gasteiger partial charge < -0.3 is 15.1 Å². The van der Waals surface area contributed by atoms with Crippen LogP contribution >= 0.6 is 0 Å². The molecule has 1 saturated heterocycles. The third-order valence-electron chi connectivity index (χ3n) is 6.07. The van der Waals surface area contributed by atoms with Crippen molar-refractivity contribution in [2.75, 3.05) is 38.6 Å². The fourth-order valence-corrected chi connectivity index (χ4v) is 4.26. The number of aliphatic imine (C=N–C) groups is 2. The van der Waals surface area contributed by atoms with E-state index in [1.807, 2.05) is 49.3 Å². The van der Waals surface area contributed by atoms with E-state index >= 15 is 0 Å². The zero-order valence-corrected chi connectivity index (χ0v) is 18.5. The van der Waals surface area contributed by atoms with E-state index < -0.39 is 0 Å². The molecule has 5 rings (SSSR count). The molecule has 7 nitrogen and oxygen atoms in total. The highest BCUT2D eigenvalue weighted by molar-refractivity contribution is 6.06. The number of likely N-dealkylation sites (tertiary alicyclic amines) is 1. The Morgan fingerprint density at radius 3 is 2.68 bits per heavy atom. The predicted molar refractivity (Wildman–Crippen MR) is 128 cm³/mol. The molecule has 0 spiro atoms. The zero-order valence-electron chi connectivity index (χ0n) is 18.5. The van der Waals surface area contributed by atoms with Crippen molar-refractivity contribution in [3.8, 4) is 0 Å². The first-order valence-electron chi connectivity index (χ1n) is 11.4. The van der Waals surface area contributed by atoms with Gasteiger partial charge in [0.15, 0.2) is 5.82 Å². The van der Waals surface area contributed by atoms with E-state index in [0.717, 1.165) is 48.6 Å². The molecular formula is C24H31N7. The van der Waals surface area contributed by atoms with Crippen LogP contribution < -0.4 is 10.2 Å².